The minimum Gasteiger partial charge on any atom is -0.496 e. The maximum Gasteiger partial charge on any atom is 0.191 e. The number of thioether (sulfide) groups is 1. The normalized spacial score (nSPS) is 10.8. The highest BCUT2D eigenvalue weighted by Crippen LogP contribution is 2.33. The molecule has 4 nitrogen and oxygen atoms in total. The topological polar surface area (TPSA) is 39.9 Å². The van der Waals surface area contributed by atoms with Crippen LogP contribution in [0.2, 0.25) is 5.02 Å². The van der Waals surface area contributed by atoms with Gasteiger partial charge in [0.1, 0.15) is 11.6 Å². The van der Waals surface area contributed by atoms with Crippen LogP contribution in [-0.2, 0) is 12.8 Å². The van der Waals surface area contributed by atoms with Gasteiger partial charge in [-0.1, -0.05) is 41.6 Å². The molecule has 0 spiro atoms. The van der Waals surface area contributed by atoms with E-state index in [-0.39, 0.29) is 5.82 Å². The van der Waals surface area contributed by atoms with Gasteiger partial charge in [0.15, 0.2) is 11.0 Å². The maximum absolute atomic E-state index is 13.7. The summed E-state index contributed by atoms with van der Waals surface area (Å²) in [6.07, 6.45) is 0. The number of ether oxygens (including phenoxy) is 1. The summed E-state index contributed by atoms with van der Waals surface area (Å²) in [4.78, 5) is 0. The van der Waals surface area contributed by atoms with Gasteiger partial charge in [-0.15, -0.1) is 10.2 Å². The molecular formula is C17H15ClFN3OS. The Morgan fingerprint density at radius 3 is 2.75 bits per heavy atom. The second-order valence-corrected chi connectivity index (χ2v) is 6.47. The van der Waals surface area contributed by atoms with E-state index < -0.39 is 0 Å². The van der Waals surface area contributed by atoms with Crippen molar-refractivity contribution in [2.24, 2.45) is 7.05 Å². The lowest BCUT2D eigenvalue weighted by Crippen LogP contribution is -1.97. The van der Waals surface area contributed by atoms with Gasteiger partial charge in [-0.25, -0.2) is 4.39 Å². The number of hydrogen-bond acceptors (Lipinski definition) is 4. The zero-order chi connectivity index (χ0) is 17.1. The van der Waals surface area contributed by atoms with E-state index in [4.69, 9.17) is 16.3 Å². The van der Waals surface area contributed by atoms with Crippen LogP contribution in [0.25, 0.3) is 11.4 Å². The largest absolute Gasteiger partial charge is 0.496 e. The van der Waals surface area contributed by atoms with Crippen LogP contribution in [-0.4, -0.2) is 21.9 Å². The Balaban J connectivity index is 1.87. The predicted octanol–water partition coefficient (Wildman–Crippen LogP) is 4.58. The molecule has 0 atom stereocenters. The molecule has 0 saturated heterocycles. The first-order valence-electron chi connectivity index (χ1n) is 7.19. The van der Waals surface area contributed by atoms with Gasteiger partial charge in [0, 0.05) is 17.8 Å². The molecule has 0 aliphatic rings. The molecule has 0 aliphatic heterocycles. The van der Waals surface area contributed by atoms with Gasteiger partial charge in [0.2, 0.25) is 0 Å². The Kier molecular flexibility index (Phi) is 5.06. The van der Waals surface area contributed by atoms with Gasteiger partial charge in [-0.3, -0.25) is 0 Å². The molecule has 124 valence electrons. The van der Waals surface area contributed by atoms with E-state index in [1.165, 1.54) is 17.8 Å². The average molecular weight is 364 g/mol. The summed E-state index contributed by atoms with van der Waals surface area (Å²) in [6, 6.07) is 12.0. The second-order valence-electron chi connectivity index (χ2n) is 5.09. The van der Waals surface area contributed by atoms with Crippen LogP contribution in [0.5, 0.6) is 5.75 Å². The molecule has 0 saturated carbocycles. The predicted molar refractivity (Wildman–Crippen MR) is 94.0 cm³/mol. The Bertz CT molecular complexity index is 869. The van der Waals surface area contributed by atoms with E-state index in [1.807, 2.05) is 17.7 Å². The van der Waals surface area contributed by atoms with Crippen molar-refractivity contribution in [1.82, 2.24) is 14.8 Å². The third kappa shape index (κ3) is 3.39. The summed E-state index contributed by atoms with van der Waals surface area (Å²) >= 11 is 7.50. The number of nitrogens with zero attached hydrogens (tertiary/aromatic N) is 3. The van der Waals surface area contributed by atoms with Gasteiger partial charge in [0.25, 0.3) is 0 Å². The summed E-state index contributed by atoms with van der Waals surface area (Å²) in [5, 5.41) is 9.71. The molecule has 1 aromatic heterocycles. The molecule has 0 fully saturated rings. The smallest absolute Gasteiger partial charge is 0.191 e. The van der Waals surface area contributed by atoms with E-state index >= 15 is 0 Å². The lowest BCUT2D eigenvalue weighted by Gasteiger charge is -2.09. The Labute approximate surface area is 148 Å². The average Bonchev–Trinajstić information content (AvgIpc) is 2.95. The molecule has 0 bridgehead atoms. The molecule has 2 aromatic carbocycles. The zero-order valence-electron chi connectivity index (χ0n) is 13.2. The molecule has 0 N–H and O–H groups in total. The molecule has 0 aliphatic carbocycles. The highest BCUT2D eigenvalue weighted by Gasteiger charge is 2.16. The molecule has 3 aromatic rings. The van der Waals surface area contributed by atoms with Gasteiger partial charge >= 0.3 is 0 Å². The van der Waals surface area contributed by atoms with Gasteiger partial charge in [-0.2, -0.15) is 0 Å². The molecule has 0 amide bonds. The molecule has 3 rings (SSSR count). The first-order chi connectivity index (χ1) is 11.6. The van der Waals surface area contributed by atoms with Crippen LogP contribution >= 0.6 is 23.4 Å². The fraction of sp³-hybridized carbons (Fsp3) is 0.176. The third-order valence-electron chi connectivity index (χ3n) is 3.55. The monoisotopic (exact) mass is 363 g/mol. The number of halogens is 2. The van der Waals surface area contributed by atoms with Crippen molar-refractivity contribution < 1.29 is 9.13 Å². The van der Waals surface area contributed by atoms with Crippen molar-refractivity contribution in [1.29, 1.82) is 0 Å². The highest BCUT2D eigenvalue weighted by molar-refractivity contribution is 7.98. The van der Waals surface area contributed by atoms with Crippen LogP contribution < -0.4 is 4.74 Å². The minimum atomic E-state index is -0.219. The standard InChI is InChI=1S/C17H15ClFN3OS/c1-22-16(13-9-12(18)7-8-15(13)23-2)20-21-17(22)24-10-11-5-3-4-6-14(11)19/h3-9H,10H2,1-2H3. The first-order valence-corrected chi connectivity index (χ1v) is 8.56. The third-order valence-corrected chi connectivity index (χ3v) is 4.86. The Morgan fingerprint density at radius 2 is 2.00 bits per heavy atom. The quantitative estimate of drug-likeness (QED) is 0.622. The van der Waals surface area contributed by atoms with E-state index in [0.717, 1.165) is 5.56 Å². The molecule has 1 heterocycles. The number of rotatable bonds is 5. The van der Waals surface area contributed by atoms with Crippen molar-refractivity contribution in [3.63, 3.8) is 0 Å². The van der Waals surface area contributed by atoms with Crippen molar-refractivity contribution >= 4 is 23.4 Å². The number of aromatic nitrogens is 3. The summed E-state index contributed by atoms with van der Waals surface area (Å²) in [5.41, 5.74) is 1.39. The van der Waals surface area contributed by atoms with E-state index in [9.17, 15) is 4.39 Å². The zero-order valence-corrected chi connectivity index (χ0v) is 14.7. The Hall–Kier alpha value is -2.05. The first kappa shape index (κ1) is 16.8. The van der Waals surface area contributed by atoms with E-state index in [0.29, 0.717) is 33.1 Å². The van der Waals surface area contributed by atoms with Crippen LogP contribution in [0.3, 0.4) is 0 Å². The van der Waals surface area contributed by atoms with E-state index in [2.05, 4.69) is 10.2 Å². The molecule has 24 heavy (non-hydrogen) atoms. The highest BCUT2D eigenvalue weighted by atomic mass is 35.5. The fourth-order valence-corrected chi connectivity index (χ4v) is 3.36. The van der Waals surface area contributed by atoms with Gasteiger partial charge < -0.3 is 9.30 Å². The van der Waals surface area contributed by atoms with Crippen LogP contribution in [0.4, 0.5) is 4.39 Å². The van der Waals surface area contributed by atoms with Crippen LogP contribution in [0.1, 0.15) is 5.56 Å². The summed E-state index contributed by atoms with van der Waals surface area (Å²) in [5.74, 6) is 1.57. The fourth-order valence-electron chi connectivity index (χ4n) is 2.29. The van der Waals surface area contributed by atoms with Crippen molar-refractivity contribution in [2.45, 2.75) is 10.9 Å². The Morgan fingerprint density at radius 1 is 1.21 bits per heavy atom. The summed E-state index contributed by atoms with van der Waals surface area (Å²) < 4.78 is 20.9. The van der Waals surface area contributed by atoms with Crippen LogP contribution in [0, 0.1) is 5.82 Å². The molecule has 7 heteroatoms. The second kappa shape index (κ2) is 7.23. The maximum atomic E-state index is 13.7. The molecule has 0 unspecified atom stereocenters. The van der Waals surface area contributed by atoms with Crippen molar-refractivity contribution in [2.75, 3.05) is 7.11 Å². The molecule has 0 radical (unpaired) electrons. The van der Waals surface area contributed by atoms with Crippen molar-refractivity contribution in [3.05, 3.63) is 58.9 Å². The lowest BCUT2D eigenvalue weighted by molar-refractivity contribution is 0.416. The molecular weight excluding hydrogens is 349 g/mol. The van der Waals surface area contributed by atoms with Crippen molar-refractivity contribution in [3.8, 4) is 17.1 Å². The number of methoxy groups -OCH3 is 1. The number of benzene rings is 2. The number of hydrogen-bond donors (Lipinski definition) is 0. The lowest BCUT2D eigenvalue weighted by atomic mass is 10.2. The SMILES string of the molecule is COc1ccc(Cl)cc1-c1nnc(SCc2ccccc2F)n1C. The van der Waals surface area contributed by atoms with Crippen LogP contribution in [0.15, 0.2) is 47.6 Å². The van der Waals surface area contributed by atoms with Gasteiger partial charge in [-0.05, 0) is 29.8 Å². The minimum absolute atomic E-state index is 0.219. The van der Waals surface area contributed by atoms with Gasteiger partial charge in [0.05, 0.1) is 12.7 Å². The summed E-state index contributed by atoms with van der Waals surface area (Å²) in [7, 11) is 3.45. The summed E-state index contributed by atoms with van der Waals surface area (Å²) in [6.45, 7) is 0. The van der Waals surface area contributed by atoms with E-state index in [1.54, 1.807) is 37.4 Å².